The van der Waals surface area contributed by atoms with Crippen LogP contribution in [0.2, 0.25) is 0 Å². The van der Waals surface area contributed by atoms with Gasteiger partial charge >= 0.3 is 8.03 Å². The Bertz CT molecular complexity index is 124. The number of hydrogen-bond acceptors (Lipinski definition) is 2. The first-order valence-electron chi connectivity index (χ1n) is 3.12. The molecule has 0 radical (unpaired) electrons. The Labute approximate surface area is 55.1 Å². The Balaban J connectivity index is 2.32. The zero-order chi connectivity index (χ0) is 6.85. The minimum Gasteiger partial charge on any atom is -0.285 e. The molecule has 0 aromatic rings. The second-order valence-electron chi connectivity index (χ2n) is 2.48. The monoisotopic (exact) mass is 148 g/mol. The first-order chi connectivity index (χ1) is 4.22. The number of nitrogens with two attached hydrogens (primary N) is 1. The van der Waals surface area contributed by atoms with Crippen molar-refractivity contribution in [3.63, 3.8) is 0 Å². The lowest BCUT2D eigenvalue weighted by atomic mass is 9.85. The zero-order valence-corrected chi connectivity index (χ0v) is 6.05. The number of hydrogen-bond donors (Lipinski definition) is 2. The van der Waals surface area contributed by atoms with Crippen molar-refractivity contribution in [1.29, 1.82) is 0 Å². The lowest BCUT2D eigenvalue weighted by molar-refractivity contribution is 0.294. The summed E-state index contributed by atoms with van der Waals surface area (Å²) in [7, 11) is -2.13. The van der Waals surface area contributed by atoms with Gasteiger partial charge in [-0.25, -0.2) is 0 Å². The fourth-order valence-corrected chi connectivity index (χ4v) is 1.62. The Morgan fingerprint density at radius 3 is 2.33 bits per heavy atom. The molecule has 3 nitrogen and oxygen atoms in total. The highest BCUT2D eigenvalue weighted by Crippen LogP contribution is 2.37. The molecule has 1 saturated carbocycles. The third-order valence-electron chi connectivity index (χ3n) is 1.89. The second-order valence-corrected chi connectivity index (χ2v) is 3.69. The van der Waals surface area contributed by atoms with Gasteiger partial charge in [-0.2, -0.15) is 4.89 Å². The highest BCUT2D eigenvalue weighted by atomic mass is 31.1. The summed E-state index contributed by atoms with van der Waals surface area (Å²) in [6.45, 7) is 0. The summed E-state index contributed by atoms with van der Waals surface area (Å²) in [6, 6.07) is 0. The van der Waals surface area contributed by atoms with E-state index in [4.69, 9.17) is 10.6 Å². The molecule has 0 aromatic heterocycles. The molecule has 4 heteroatoms. The smallest absolute Gasteiger partial charge is 0.285 e. The van der Waals surface area contributed by atoms with Crippen molar-refractivity contribution < 1.29 is 9.46 Å². The molecular weight excluding hydrogens is 137 g/mol. The number of rotatable bonds is 2. The summed E-state index contributed by atoms with van der Waals surface area (Å²) in [5.41, 5.74) is 5.39. The fourth-order valence-electron chi connectivity index (χ4n) is 0.962. The first kappa shape index (κ1) is 7.13. The normalized spacial score (nSPS) is 24.9. The molecule has 0 aromatic carbocycles. The molecule has 0 bridgehead atoms. The molecular formula is C5H11NO2P+. The van der Waals surface area contributed by atoms with Crippen molar-refractivity contribution in [1.82, 2.24) is 0 Å². The molecule has 9 heavy (non-hydrogen) atoms. The van der Waals surface area contributed by atoms with Gasteiger partial charge in [-0.05, 0) is 17.4 Å². The molecule has 0 saturated heterocycles. The van der Waals surface area contributed by atoms with Gasteiger partial charge in [-0.3, -0.25) is 5.73 Å². The average Bonchev–Trinajstić information content (AvgIpc) is 1.60. The van der Waals surface area contributed by atoms with E-state index in [9.17, 15) is 4.57 Å². The van der Waals surface area contributed by atoms with Crippen LogP contribution in [0.3, 0.4) is 0 Å². The highest BCUT2D eigenvalue weighted by molar-refractivity contribution is 7.38. The molecule has 1 unspecified atom stereocenters. The summed E-state index contributed by atoms with van der Waals surface area (Å²) >= 11 is 0. The maximum Gasteiger partial charge on any atom is 0.524 e. The van der Waals surface area contributed by atoms with Gasteiger partial charge in [0.2, 0.25) is 5.78 Å². The van der Waals surface area contributed by atoms with Gasteiger partial charge in [-0.15, -0.1) is 0 Å². The van der Waals surface area contributed by atoms with E-state index in [0.29, 0.717) is 5.92 Å². The second kappa shape index (κ2) is 2.74. The Morgan fingerprint density at radius 2 is 2.22 bits per heavy atom. The van der Waals surface area contributed by atoms with Crippen LogP contribution < -0.4 is 5.73 Å². The van der Waals surface area contributed by atoms with Crippen LogP contribution in [-0.4, -0.2) is 10.7 Å². The van der Waals surface area contributed by atoms with Crippen LogP contribution in [0.1, 0.15) is 19.3 Å². The topological polar surface area (TPSA) is 63.3 Å². The van der Waals surface area contributed by atoms with Crippen LogP contribution >= 0.6 is 8.03 Å². The Hall–Kier alpha value is 0.0200. The van der Waals surface area contributed by atoms with Gasteiger partial charge < -0.3 is 0 Å². The van der Waals surface area contributed by atoms with E-state index < -0.39 is 13.8 Å². The summed E-state index contributed by atoms with van der Waals surface area (Å²) in [4.78, 5) is 8.54. The van der Waals surface area contributed by atoms with Crippen LogP contribution in [0, 0.1) is 5.92 Å². The van der Waals surface area contributed by atoms with E-state index >= 15 is 0 Å². The van der Waals surface area contributed by atoms with Crippen LogP contribution in [0.4, 0.5) is 0 Å². The maximum atomic E-state index is 10.4. The molecule has 0 heterocycles. The summed E-state index contributed by atoms with van der Waals surface area (Å²) < 4.78 is 10.4. The van der Waals surface area contributed by atoms with Crippen LogP contribution in [-0.2, 0) is 4.57 Å². The quantitative estimate of drug-likeness (QED) is 0.569. The lowest BCUT2D eigenvalue weighted by Crippen LogP contribution is -2.31. The van der Waals surface area contributed by atoms with Crippen molar-refractivity contribution in [3.8, 4) is 0 Å². The highest BCUT2D eigenvalue weighted by Gasteiger charge is 2.37. The van der Waals surface area contributed by atoms with Gasteiger partial charge in [-0.1, -0.05) is 6.42 Å². The molecule has 0 aliphatic heterocycles. The van der Waals surface area contributed by atoms with Gasteiger partial charge in [0, 0.05) is 5.92 Å². The van der Waals surface area contributed by atoms with Crippen molar-refractivity contribution >= 4 is 8.03 Å². The van der Waals surface area contributed by atoms with Crippen LogP contribution in [0.25, 0.3) is 0 Å². The molecule has 1 fully saturated rings. The summed E-state index contributed by atoms with van der Waals surface area (Å²) in [6.07, 6.45) is 3.23. The van der Waals surface area contributed by atoms with Gasteiger partial charge in [0.15, 0.2) is 0 Å². The minimum atomic E-state index is -2.13. The SMILES string of the molecule is N[C@H](C1CCC1)[P+](=O)O. The maximum absolute atomic E-state index is 10.4. The van der Waals surface area contributed by atoms with Gasteiger partial charge in [0.1, 0.15) is 0 Å². The van der Waals surface area contributed by atoms with Crippen molar-refractivity contribution in [2.45, 2.75) is 25.0 Å². The van der Waals surface area contributed by atoms with Gasteiger partial charge in [0.25, 0.3) is 0 Å². The predicted molar refractivity (Wildman–Crippen MR) is 35.1 cm³/mol. The van der Waals surface area contributed by atoms with E-state index in [1.54, 1.807) is 0 Å². The predicted octanol–water partition coefficient (Wildman–Crippen LogP) is 0.806. The molecule has 1 aliphatic rings. The Kier molecular flexibility index (Phi) is 2.17. The minimum absolute atomic E-state index is 0.318. The molecule has 1 aliphatic carbocycles. The van der Waals surface area contributed by atoms with Crippen LogP contribution in [0.5, 0.6) is 0 Å². The molecule has 2 atom stereocenters. The van der Waals surface area contributed by atoms with E-state index in [1.165, 1.54) is 6.42 Å². The molecule has 0 spiro atoms. The van der Waals surface area contributed by atoms with E-state index in [2.05, 4.69) is 0 Å². The van der Waals surface area contributed by atoms with E-state index in [0.717, 1.165) is 12.8 Å². The average molecular weight is 148 g/mol. The Morgan fingerprint density at radius 1 is 1.67 bits per heavy atom. The summed E-state index contributed by atoms with van der Waals surface area (Å²) in [5, 5.41) is 0. The van der Waals surface area contributed by atoms with Gasteiger partial charge in [0.05, 0.1) is 0 Å². The van der Waals surface area contributed by atoms with E-state index in [-0.39, 0.29) is 0 Å². The molecule has 0 amide bonds. The van der Waals surface area contributed by atoms with Crippen molar-refractivity contribution in [2.24, 2.45) is 11.7 Å². The van der Waals surface area contributed by atoms with Crippen molar-refractivity contribution in [3.05, 3.63) is 0 Å². The summed E-state index contributed by atoms with van der Waals surface area (Å²) in [5.74, 6) is -0.146. The zero-order valence-electron chi connectivity index (χ0n) is 5.16. The fraction of sp³-hybridized carbons (Fsp3) is 1.00. The first-order valence-corrected chi connectivity index (χ1v) is 4.41. The molecule has 3 N–H and O–H groups in total. The molecule has 52 valence electrons. The van der Waals surface area contributed by atoms with Crippen LogP contribution in [0.15, 0.2) is 0 Å². The lowest BCUT2D eigenvalue weighted by Gasteiger charge is -2.23. The van der Waals surface area contributed by atoms with E-state index in [1.807, 2.05) is 0 Å². The third-order valence-corrected chi connectivity index (χ3v) is 2.82. The largest absolute Gasteiger partial charge is 0.524 e. The third kappa shape index (κ3) is 1.48. The van der Waals surface area contributed by atoms with Crippen molar-refractivity contribution in [2.75, 3.05) is 0 Å². The molecule has 1 rings (SSSR count). The standard InChI is InChI=1S/C5H10NO2P/c6-5(9(7)8)4-2-1-3-4/h4-5H,1-3,6H2/p+1/t5-/m0/s1.